The molecule has 0 N–H and O–H groups in total. The van der Waals surface area contributed by atoms with Crippen LogP contribution in [0, 0.1) is 5.82 Å². The van der Waals surface area contributed by atoms with Gasteiger partial charge in [0.05, 0.1) is 5.38 Å². The minimum atomic E-state index is -0.517. The highest BCUT2D eigenvalue weighted by atomic mass is 35.5. The van der Waals surface area contributed by atoms with Gasteiger partial charge in [0.25, 0.3) is 0 Å². The molecule has 0 amide bonds. The maximum atomic E-state index is 13.1. The normalized spacial score (nSPS) is 12.5. The number of hydrogen-bond donors (Lipinski definition) is 0. The van der Waals surface area contributed by atoms with Gasteiger partial charge in [0.1, 0.15) is 5.82 Å². The third kappa shape index (κ3) is 2.92. The van der Waals surface area contributed by atoms with Crippen LogP contribution >= 0.6 is 34.8 Å². The van der Waals surface area contributed by atoms with E-state index in [0.717, 1.165) is 0 Å². The van der Waals surface area contributed by atoms with Crippen LogP contribution in [-0.2, 0) is 0 Å². The number of rotatable bonds is 2. The molecule has 0 aliphatic rings. The molecule has 0 saturated heterocycles. The van der Waals surface area contributed by atoms with Crippen LogP contribution in [0.15, 0.2) is 42.5 Å². The fraction of sp³-hybridized carbons (Fsp3) is 0.0769. The third-order valence-corrected chi connectivity index (χ3v) is 3.44. The molecule has 2 rings (SSSR count). The first kappa shape index (κ1) is 12.7. The summed E-state index contributed by atoms with van der Waals surface area (Å²) in [6.45, 7) is 0. The van der Waals surface area contributed by atoms with Gasteiger partial charge in [-0.1, -0.05) is 35.3 Å². The summed E-state index contributed by atoms with van der Waals surface area (Å²) in [4.78, 5) is 0. The maximum Gasteiger partial charge on any atom is 0.123 e. The van der Waals surface area contributed by atoms with Crippen LogP contribution in [0.25, 0.3) is 0 Å². The zero-order valence-corrected chi connectivity index (χ0v) is 10.9. The fourth-order valence-electron chi connectivity index (χ4n) is 1.55. The Bertz CT molecular complexity index is 540. The van der Waals surface area contributed by atoms with E-state index in [2.05, 4.69) is 0 Å². The Morgan fingerprint density at radius 2 is 1.76 bits per heavy atom. The Hall–Kier alpha value is -0.760. The monoisotopic (exact) mass is 288 g/mol. The van der Waals surface area contributed by atoms with Crippen molar-refractivity contribution < 1.29 is 4.39 Å². The van der Waals surface area contributed by atoms with Gasteiger partial charge in [0.2, 0.25) is 0 Å². The minimum Gasteiger partial charge on any atom is -0.207 e. The summed E-state index contributed by atoms with van der Waals surface area (Å²) in [5, 5.41) is 0.544. The van der Waals surface area contributed by atoms with Crippen LogP contribution < -0.4 is 0 Å². The van der Waals surface area contributed by atoms with Crippen molar-refractivity contribution in [2.45, 2.75) is 5.38 Å². The van der Waals surface area contributed by atoms with E-state index < -0.39 is 5.38 Å². The molecule has 88 valence electrons. The Morgan fingerprint density at radius 1 is 1.00 bits per heavy atom. The van der Waals surface area contributed by atoms with Gasteiger partial charge >= 0.3 is 0 Å². The first-order valence-corrected chi connectivity index (χ1v) is 6.11. The standard InChI is InChI=1S/C13H8Cl3F/c14-9-4-5-12(15)11(7-9)13(16)8-2-1-3-10(17)6-8/h1-7,13H. The smallest absolute Gasteiger partial charge is 0.123 e. The lowest BCUT2D eigenvalue weighted by molar-refractivity contribution is 0.626. The van der Waals surface area contributed by atoms with Crippen LogP contribution in [0.4, 0.5) is 4.39 Å². The van der Waals surface area contributed by atoms with Crippen molar-refractivity contribution in [3.8, 4) is 0 Å². The summed E-state index contributed by atoms with van der Waals surface area (Å²) in [6, 6.07) is 11.2. The molecular weight excluding hydrogens is 282 g/mol. The summed E-state index contributed by atoms with van der Waals surface area (Å²) in [6.07, 6.45) is 0. The molecule has 2 aromatic rings. The molecule has 0 aliphatic heterocycles. The Labute approximate surface area is 114 Å². The lowest BCUT2D eigenvalue weighted by Gasteiger charge is -2.12. The van der Waals surface area contributed by atoms with Crippen molar-refractivity contribution in [2.75, 3.05) is 0 Å². The second-order valence-electron chi connectivity index (χ2n) is 3.58. The summed E-state index contributed by atoms with van der Waals surface area (Å²) in [7, 11) is 0. The molecule has 0 radical (unpaired) electrons. The number of benzene rings is 2. The van der Waals surface area contributed by atoms with Gasteiger partial charge in [0.15, 0.2) is 0 Å². The van der Waals surface area contributed by atoms with Crippen molar-refractivity contribution in [2.24, 2.45) is 0 Å². The van der Waals surface area contributed by atoms with Gasteiger partial charge in [-0.2, -0.15) is 0 Å². The van der Waals surface area contributed by atoms with E-state index >= 15 is 0 Å². The van der Waals surface area contributed by atoms with Crippen LogP contribution in [0.1, 0.15) is 16.5 Å². The molecule has 0 bridgehead atoms. The van der Waals surface area contributed by atoms with Crippen molar-refractivity contribution in [1.82, 2.24) is 0 Å². The molecule has 0 nitrogen and oxygen atoms in total. The van der Waals surface area contributed by atoms with Crippen molar-refractivity contribution >= 4 is 34.8 Å². The van der Waals surface area contributed by atoms with E-state index in [1.54, 1.807) is 30.3 Å². The number of hydrogen-bond acceptors (Lipinski definition) is 0. The average molecular weight is 290 g/mol. The van der Waals surface area contributed by atoms with Crippen molar-refractivity contribution in [3.05, 3.63) is 69.5 Å². The van der Waals surface area contributed by atoms with Crippen LogP contribution in [0.2, 0.25) is 10.0 Å². The summed E-state index contributed by atoms with van der Waals surface area (Å²) in [5.41, 5.74) is 1.32. The predicted molar refractivity (Wildman–Crippen MR) is 70.6 cm³/mol. The van der Waals surface area contributed by atoms with E-state index in [0.29, 0.717) is 21.2 Å². The van der Waals surface area contributed by atoms with E-state index in [1.165, 1.54) is 12.1 Å². The zero-order chi connectivity index (χ0) is 12.4. The van der Waals surface area contributed by atoms with Gasteiger partial charge in [0, 0.05) is 10.0 Å². The highest BCUT2D eigenvalue weighted by Crippen LogP contribution is 2.35. The van der Waals surface area contributed by atoms with E-state index in [9.17, 15) is 4.39 Å². The average Bonchev–Trinajstić information content (AvgIpc) is 2.31. The SMILES string of the molecule is Fc1cccc(C(Cl)c2cc(Cl)ccc2Cl)c1. The minimum absolute atomic E-state index is 0.327. The summed E-state index contributed by atoms with van der Waals surface area (Å²) >= 11 is 18.2. The van der Waals surface area contributed by atoms with Crippen LogP contribution in [-0.4, -0.2) is 0 Å². The first-order chi connectivity index (χ1) is 8.08. The van der Waals surface area contributed by atoms with Crippen LogP contribution in [0.5, 0.6) is 0 Å². The molecule has 0 fully saturated rings. The maximum absolute atomic E-state index is 13.1. The molecule has 0 heterocycles. The first-order valence-electron chi connectivity index (χ1n) is 4.92. The van der Waals surface area contributed by atoms with E-state index in [-0.39, 0.29) is 5.82 Å². The highest BCUT2D eigenvalue weighted by molar-refractivity contribution is 6.35. The molecule has 1 unspecified atom stereocenters. The second-order valence-corrected chi connectivity index (χ2v) is 4.86. The van der Waals surface area contributed by atoms with Crippen molar-refractivity contribution in [1.29, 1.82) is 0 Å². The molecule has 17 heavy (non-hydrogen) atoms. The molecule has 1 atom stereocenters. The molecular formula is C13H8Cl3F. The van der Waals surface area contributed by atoms with E-state index in [4.69, 9.17) is 34.8 Å². The molecule has 0 spiro atoms. The second kappa shape index (κ2) is 5.26. The van der Waals surface area contributed by atoms with Gasteiger partial charge in [-0.25, -0.2) is 4.39 Å². The van der Waals surface area contributed by atoms with Crippen molar-refractivity contribution in [3.63, 3.8) is 0 Å². The molecule has 2 aromatic carbocycles. The Morgan fingerprint density at radius 3 is 2.47 bits per heavy atom. The molecule has 4 heteroatoms. The number of halogens is 4. The number of alkyl halides is 1. The van der Waals surface area contributed by atoms with Crippen LogP contribution in [0.3, 0.4) is 0 Å². The third-order valence-electron chi connectivity index (χ3n) is 2.37. The largest absolute Gasteiger partial charge is 0.207 e. The van der Waals surface area contributed by atoms with E-state index in [1.807, 2.05) is 0 Å². The molecule has 0 saturated carbocycles. The highest BCUT2D eigenvalue weighted by Gasteiger charge is 2.15. The summed E-state index contributed by atoms with van der Waals surface area (Å²) in [5.74, 6) is -0.327. The molecule has 0 aliphatic carbocycles. The fourth-order valence-corrected chi connectivity index (χ4v) is 2.33. The topological polar surface area (TPSA) is 0 Å². The Kier molecular flexibility index (Phi) is 3.93. The van der Waals surface area contributed by atoms with Gasteiger partial charge < -0.3 is 0 Å². The Balaban J connectivity index is 2.43. The van der Waals surface area contributed by atoms with Gasteiger partial charge in [-0.15, -0.1) is 11.6 Å². The van der Waals surface area contributed by atoms with Gasteiger partial charge in [-0.05, 0) is 41.5 Å². The predicted octanol–water partition coefficient (Wildman–Crippen LogP) is 5.46. The lowest BCUT2D eigenvalue weighted by Crippen LogP contribution is -1.95. The lowest BCUT2D eigenvalue weighted by atomic mass is 10.0. The van der Waals surface area contributed by atoms with Gasteiger partial charge in [-0.3, -0.25) is 0 Å². The zero-order valence-electron chi connectivity index (χ0n) is 8.63. The molecule has 0 aromatic heterocycles. The quantitative estimate of drug-likeness (QED) is 0.644. The summed E-state index contributed by atoms with van der Waals surface area (Å²) < 4.78 is 13.1.